The molecule has 0 heterocycles. The van der Waals surface area contributed by atoms with Crippen LogP contribution in [0.1, 0.15) is 33.6 Å². The smallest absolute Gasteiger partial charge is 0.313 e. The maximum absolute atomic E-state index is 11.2. The van der Waals surface area contributed by atoms with Gasteiger partial charge in [0.1, 0.15) is 0 Å². The standard InChI is InChI=1S/C9H18O3/c1-5-6-7(10)9(2,3)8(11)12-4/h7,10H,5-6H2,1-4H3. The summed E-state index contributed by atoms with van der Waals surface area (Å²) in [5, 5.41) is 9.58. The van der Waals surface area contributed by atoms with Crippen molar-refractivity contribution in [2.45, 2.75) is 39.7 Å². The lowest BCUT2D eigenvalue weighted by molar-refractivity contribution is -0.157. The fraction of sp³-hybridized carbons (Fsp3) is 0.889. The van der Waals surface area contributed by atoms with E-state index < -0.39 is 11.5 Å². The van der Waals surface area contributed by atoms with Gasteiger partial charge >= 0.3 is 5.97 Å². The highest BCUT2D eigenvalue weighted by Crippen LogP contribution is 2.25. The summed E-state index contributed by atoms with van der Waals surface area (Å²) in [7, 11) is 1.34. The topological polar surface area (TPSA) is 46.5 Å². The third-order valence-electron chi connectivity index (χ3n) is 2.11. The summed E-state index contributed by atoms with van der Waals surface area (Å²) < 4.78 is 4.58. The van der Waals surface area contributed by atoms with E-state index in [-0.39, 0.29) is 5.97 Å². The van der Waals surface area contributed by atoms with Crippen LogP contribution < -0.4 is 0 Å². The Morgan fingerprint density at radius 2 is 2.08 bits per heavy atom. The Morgan fingerprint density at radius 3 is 2.42 bits per heavy atom. The Bertz CT molecular complexity index is 152. The third kappa shape index (κ3) is 2.48. The molecule has 0 aromatic rings. The predicted molar refractivity (Wildman–Crippen MR) is 46.7 cm³/mol. The molecule has 0 saturated heterocycles. The quantitative estimate of drug-likeness (QED) is 0.654. The largest absolute Gasteiger partial charge is 0.469 e. The van der Waals surface area contributed by atoms with E-state index >= 15 is 0 Å². The van der Waals surface area contributed by atoms with E-state index in [1.807, 2.05) is 6.92 Å². The second-order valence-electron chi connectivity index (χ2n) is 3.52. The van der Waals surface area contributed by atoms with Crippen LogP contribution in [0.4, 0.5) is 0 Å². The molecule has 1 N–H and O–H groups in total. The first-order chi connectivity index (χ1) is 5.46. The van der Waals surface area contributed by atoms with Crippen LogP contribution in [-0.4, -0.2) is 24.3 Å². The minimum Gasteiger partial charge on any atom is -0.469 e. The van der Waals surface area contributed by atoms with Gasteiger partial charge in [0, 0.05) is 0 Å². The Balaban J connectivity index is 4.26. The molecular formula is C9H18O3. The van der Waals surface area contributed by atoms with Crippen molar-refractivity contribution in [2.75, 3.05) is 7.11 Å². The Kier molecular flexibility index (Phi) is 4.24. The van der Waals surface area contributed by atoms with Gasteiger partial charge in [0.05, 0.1) is 18.6 Å². The zero-order valence-corrected chi connectivity index (χ0v) is 8.26. The van der Waals surface area contributed by atoms with Gasteiger partial charge in [-0.2, -0.15) is 0 Å². The van der Waals surface area contributed by atoms with Crippen LogP contribution in [0.5, 0.6) is 0 Å². The molecule has 1 unspecified atom stereocenters. The van der Waals surface area contributed by atoms with Gasteiger partial charge in [0.2, 0.25) is 0 Å². The summed E-state index contributed by atoms with van der Waals surface area (Å²) >= 11 is 0. The van der Waals surface area contributed by atoms with Crippen LogP contribution in [0.15, 0.2) is 0 Å². The van der Waals surface area contributed by atoms with Crippen molar-refractivity contribution in [3.63, 3.8) is 0 Å². The highest BCUT2D eigenvalue weighted by molar-refractivity contribution is 5.76. The van der Waals surface area contributed by atoms with E-state index in [0.717, 1.165) is 6.42 Å². The summed E-state index contributed by atoms with van der Waals surface area (Å²) in [6.45, 7) is 5.36. The van der Waals surface area contributed by atoms with E-state index in [2.05, 4.69) is 4.74 Å². The van der Waals surface area contributed by atoms with Gasteiger partial charge < -0.3 is 9.84 Å². The normalized spacial score (nSPS) is 14.1. The van der Waals surface area contributed by atoms with Crippen molar-refractivity contribution in [1.29, 1.82) is 0 Å². The van der Waals surface area contributed by atoms with Crippen molar-refractivity contribution >= 4 is 5.97 Å². The number of ether oxygens (including phenoxy) is 1. The molecule has 0 amide bonds. The van der Waals surface area contributed by atoms with Crippen molar-refractivity contribution in [3.8, 4) is 0 Å². The number of hydrogen-bond donors (Lipinski definition) is 1. The summed E-state index contributed by atoms with van der Waals surface area (Å²) in [4.78, 5) is 11.2. The number of carbonyl (C=O) groups excluding carboxylic acids is 1. The minimum atomic E-state index is -0.787. The molecule has 0 aromatic heterocycles. The van der Waals surface area contributed by atoms with Gasteiger partial charge in [-0.25, -0.2) is 0 Å². The molecule has 0 rings (SSSR count). The number of aliphatic hydroxyl groups excluding tert-OH is 1. The molecule has 72 valence electrons. The average molecular weight is 174 g/mol. The third-order valence-corrected chi connectivity index (χ3v) is 2.11. The Labute approximate surface area is 73.7 Å². The molecule has 0 fully saturated rings. The number of esters is 1. The number of rotatable bonds is 4. The van der Waals surface area contributed by atoms with Gasteiger partial charge in [0.15, 0.2) is 0 Å². The van der Waals surface area contributed by atoms with Crippen LogP contribution in [0.25, 0.3) is 0 Å². The van der Waals surface area contributed by atoms with Gasteiger partial charge in [-0.3, -0.25) is 4.79 Å². The second-order valence-corrected chi connectivity index (χ2v) is 3.52. The number of hydrogen-bond acceptors (Lipinski definition) is 3. The predicted octanol–water partition coefficient (Wildman–Crippen LogP) is 1.35. The molecule has 0 saturated carbocycles. The highest BCUT2D eigenvalue weighted by Gasteiger charge is 2.35. The van der Waals surface area contributed by atoms with Crippen LogP contribution >= 0.6 is 0 Å². The molecule has 0 aliphatic heterocycles. The summed E-state index contributed by atoms with van der Waals surface area (Å²) in [5.41, 5.74) is -0.787. The lowest BCUT2D eigenvalue weighted by Gasteiger charge is -2.27. The zero-order valence-electron chi connectivity index (χ0n) is 8.26. The first-order valence-corrected chi connectivity index (χ1v) is 4.23. The van der Waals surface area contributed by atoms with Crippen LogP contribution in [0.2, 0.25) is 0 Å². The van der Waals surface area contributed by atoms with E-state index in [9.17, 15) is 9.90 Å². The summed E-state index contributed by atoms with van der Waals surface area (Å²) in [6.07, 6.45) is 0.874. The van der Waals surface area contributed by atoms with Crippen molar-refractivity contribution in [1.82, 2.24) is 0 Å². The van der Waals surface area contributed by atoms with Crippen LogP contribution in [0.3, 0.4) is 0 Å². The van der Waals surface area contributed by atoms with Gasteiger partial charge in [-0.1, -0.05) is 13.3 Å². The number of methoxy groups -OCH3 is 1. The lowest BCUT2D eigenvalue weighted by atomic mass is 9.84. The molecule has 0 bridgehead atoms. The molecule has 0 aliphatic carbocycles. The molecule has 3 nitrogen and oxygen atoms in total. The average Bonchev–Trinajstić information content (AvgIpc) is 2.03. The molecule has 3 heteroatoms. The van der Waals surface area contributed by atoms with Crippen LogP contribution in [-0.2, 0) is 9.53 Å². The van der Waals surface area contributed by atoms with Gasteiger partial charge in [-0.05, 0) is 20.3 Å². The highest BCUT2D eigenvalue weighted by atomic mass is 16.5. The molecular weight excluding hydrogens is 156 g/mol. The molecule has 1 atom stereocenters. The molecule has 0 aliphatic rings. The van der Waals surface area contributed by atoms with Gasteiger partial charge in [0.25, 0.3) is 0 Å². The number of aliphatic hydroxyl groups is 1. The Morgan fingerprint density at radius 1 is 1.58 bits per heavy atom. The zero-order chi connectivity index (χ0) is 9.78. The lowest BCUT2D eigenvalue weighted by Crippen LogP contribution is -2.37. The first-order valence-electron chi connectivity index (χ1n) is 4.23. The molecule has 0 spiro atoms. The molecule has 12 heavy (non-hydrogen) atoms. The SMILES string of the molecule is CCCC(O)C(C)(C)C(=O)OC. The maximum Gasteiger partial charge on any atom is 0.313 e. The second kappa shape index (κ2) is 4.45. The van der Waals surface area contributed by atoms with Gasteiger partial charge in [-0.15, -0.1) is 0 Å². The maximum atomic E-state index is 11.2. The molecule has 0 radical (unpaired) electrons. The van der Waals surface area contributed by atoms with E-state index in [1.54, 1.807) is 13.8 Å². The fourth-order valence-electron chi connectivity index (χ4n) is 1.03. The van der Waals surface area contributed by atoms with E-state index in [0.29, 0.717) is 6.42 Å². The van der Waals surface area contributed by atoms with Crippen molar-refractivity contribution in [3.05, 3.63) is 0 Å². The van der Waals surface area contributed by atoms with Crippen molar-refractivity contribution < 1.29 is 14.6 Å². The number of carbonyl (C=O) groups is 1. The minimum absolute atomic E-state index is 0.358. The van der Waals surface area contributed by atoms with E-state index in [4.69, 9.17) is 0 Å². The Hall–Kier alpha value is -0.570. The van der Waals surface area contributed by atoms with Crippen LogP contribution in [0, 0.1) is 5.41 Å². The molecule has 0 aromatic carbocycles. The summed E-state index contributed by atoms with van der Waals surface area (Å²) in [5.74, 6) is -0.358. The van der Waals surface area contributed by atoms with E-state index in [1.165, 1.54) is 7.11 Å². The fourth-order valence-corrected chi connectivity index (χ4v) is 1.03. The van der Waals surface area contributed by atoms with Crippen molar-refractivity contribution in [2.24, 2.45) is 5.41 Å². The monoisotopic (exact) mass is 174 g/mol. The first kappa shape index (κ1) is 11.4. The summed E-state index contributed by atoms with van der Waals surface area (Å²) in [6, 6.07) is 0.